The number of nitrogens with zero attached hydrogens (tertiary/aromatic N) is 3. The zero-order valence-electron chi connectivity index (χ0n) is 13.7. The molecule has 2 aromatic rings. The number of hydrogen-bond acceptors (Lipinski definition) is 5. The van der Waals surface area contributed by atoms with E-state index in [0.29, 0.717) is 11.3 Å². The maximum Gasteiger partial charge on any atom is 0.205 e. The average Bonchev–Trinajstić information content (AvgIpc) is 2.60. The van der Waals surface area contributed by atoms with E-state index in [1.807, 2.05) is 37.2 Å². The number of ether oxygens (including phenoxy) is 1. The molecule has 0 amide bonds. The molecule has 2 aromatic carbocycles. The van der Waals surface area contributed by atoms with Crippen molar-refractivity contribution in [3.63, 3.8) is 0 Å². The Balaban J connectivity index is 2.19. The van der Waals surface area contributed by atoms with E-state index in [1.165, 1.54) is 12.1 Å². The van der Waals surface area contributed by atoms with Gasteiger partial charge in [-0.15, -0.1) is 0 Å². The Morgan fingerprint density at radius 1 is 1.16 bits per heavy atom. The molecule has 124 valence electrons. The molecule has 6 heteroatoms. The Kier molecular flexibility index (Phi) is 4.12. The maximum atomic E-state index is 13.7. The van der Waals surface area contributed by atoms with Crippen LogP contribution in [-0.2, 0) is 0 Å². The third-order valence-corrected chi connectivity index (χ3v) is 4.29. The van der Waals surface area contributed by atoms with Crippen LogP contribution in [0.15, 0.2) is 36.4 Å². The van der Waals surface area contributed by atoms with Crippen molar-refractivity contribution in [2.45, 2.75) is 5.92 Å². The lowest BCUT2D eigenvalue weighted by atomic mass is 9.78. The predicted octanol–water partition coefficient (Wildman–Crippen LogP) is 3.40. The Labute approximate surface area is 145 Å². The molecule has 0 aliphatic carbocycles. The molecule has 25 heavy (non-hydrogen) atoms. The number of halogens is 1. The summed E-state index contributed by atoms with van der Waals surface area (Å²) < 4.78 is 19.2. The van der Waals surface area contributed by atoms with Crippen LogP contribution in [0.5, 0.6) is 5.75 Å². The van der Waals surface area contributed by atoms with Gasteiger partial charge in [0.2, 0.25) is 5.90 Å². The number of hydrogen-bond donors (Lipinski definition) is 1. The summed E-state index contributed by atoms with van der Waals surface area (Å²) in [6, 6.07) is 13.7. The fraction of sp³-hybridized carbons (Fsp3) is 0.211. The Hall–Kier alpha value is -3.38. The number of rotatable bonds is 2. The topological polar surface area (TPSA) is 83.9 Å². The predicted molar refractivity (Wildman–Crippen MR) is 91.2 cm³/mol. The van der Waals surface area contributed by atoms with Gasteiger partial charge in [-0.3, -0.25) is 5.41 Å². The second-order valence-corrected chi connectivity index (χ2v) is 6.02. The molecule has 0 aromatic heterocycles. The molecule has 1 heterocycles. The van der Waals surface area contributed by atoms with E-state index in [-0.39, 0.29) is 11.5 Å². The first-order valence-corrected chi connectivity index (χ1v) is 7.63. The van der Waals surface area contributed by atoms with Crippen molar-refractivity contribution >= 4 is 11.6 Å². The van der Waals surface area contributed by atoms with Gasteiger partial charge in [0.15, 0.2) is 0 Å². The lowest BCUT2D eigenvalue weighted by Gasteiger charge is -2.31. The summed E-state index contributed by atoms with van der Waals surface area (Å²) in [7, 11) is 3.79. The number of nitriles is 2. The third kappa shape index (κ3) is 2.79. The van der Waals surface area contributed by atoms with E-state index < -0.39 is 17.7 Å². The van der Waals surface area contributed by atoms with E-state index in [9.17, 15) is 9.65 Å². The monoisotopic (exact) mass is 334 g/mol. The van der Waals surface area contributed by atoms with Crippen molar-refractivity contribution in [3.8, 4) is 17.9 Å². The first-order valence-electron chi connectivity index (χ1n) is 7.63. The highest BCUT2D eigenvalue weighted by Crippen LogP contribution is 2.43. The summed E-state index contributed by atoms with van der Waals surface area (Å²) in [6.45, 7) is 0. The van der Waals surface area contributed by atoms with Gasteiger partial charge in [0.05, 0.1) is 11.6 Å². The molecule has 1 aliphatic heterocycles. The van der Waals surface area contributed by atoms with Crippen LogP contribution in [0.4, 0.5) is 10.1 Å². The quantitative estimate of drug-likeness (QED) is 0.912. The number of benzene rings is 2. The Morgan fingerprint density at radius 2 is 1.92 bits per heavy atom. The summed E-state index contributed by atoms with van der Waals surface area (Å²) in [5.41, 5.74) is 2.16. The first-order chi connectivity index (χ1) is 12.0. The zero-order chi connectivity index (χ0) is 18.1. The second-order valence-electron chi connectivity index (χ2n) is 6.02. The summed E-state index contributed by atoms with van der Waals surface area (Å²) >= 11 is 0. The fourth-order valence-corrected chi connectivity index (χ4v) is 2.99. The molecule has 0 fully saturated rings. The highest BCUT2D eigenvalue weighted by molar-refractivity contribution is 5.85. The molecule has 0 saturated heterocycles. The van der Waals surface area contributed by atoms with Gasteiger partial charge in [-0.05, 0) is 23.8 Å². The SMILES string of the molecule is CN(C)c1ccc2c(c1)OC(=N)C(C#N)C2c1ccc(F)c(C#N)c1. The van der Waals surface area contributed by atoms with E-state index in [1.54, 1.807) is 12.1 Å². The van der Waals surface area contributed by atoms with Crippen molar-refractivity contribution in [1.29, 1.82) is 15.9 Å². The van der Waals surface area contributed by atoms with Crippen molar-refractivity contribution in [2.24, 2.45) is 5.92 Å². The summed E-state index contributed by atoms with van der Waals surface area (Å²) in [5, 5.41) is 26.7. The van der Waals surface area contributed by atoms with Crippen molar-refractivity contribution < 1.29 is 9.13 Å². The number of nitrogens with one attached hydrogen (secondary N) is 1. The summed E-state index contributed by atoms with van der Waals surface area (Å²) in [5.74, 6) is -1.60. The molecule has 1 N–H and O–H groups in total. The maximum absolute atomic E-state index is 13.7. The van der Waals surface area contributed by atoms with Crippen LogP contribution < -0.4 is 9.64 Å². The van der Waals surface area contributed by atoms with Crippen molar-refractivity contribution in [3.05, 3.63) is 58.9 Å². The molecular weight excluding hydrogens is 319 g/mol. The average molecular weight is 334 g/mol. The van der Waals surface area contributed by atoms with Gasteiger partial charge in [-0.1, -0.05) is 12.1 Å². The van der Waals surface area contributed by atoms with Gasteiger partial charge in [-0.2, -0.15) is 10.5 Å². The standard InChI is InChI=1S/C19H15FN4O/c1-24(2)13-4-5-14-17(8-13)25-19(23)15(10-22)18(14)11-3-6-16(20)12(7-11)9-21/h3-8,15,18,23H,1-2H3. The third-order valence-electron chi connectivity index (χ3n) is 4.29. The van der Waals surface area contributed by atoms with E-state index in [0.717, 1.165) is 11.3 Å². The molecule has 5 nitrogen and oxygen atoms in total. The molecule has 0 saturated carbocycles. The van der Waals surface area contributed by atoms with Crippen molar-refractivity contribution in [1.82, 2.24) is 0 Å². The van der Waals surface area contributed by atoms with Crippen LogP contribution in [0, 0.1) is 39.8 Å². The molecule has 0 spiro atoms. The van der Waals surface area contributed by atoms with Gasteiger partial charge >= 0.3 is 0 Å². The summed E-state index contributed by atoms with van der Waals surface area (Å²) in [6.07, 6.45) is 0. The van der Waals surface area contributed by atoms with Gasteiger partial charge in [0.25, 0.3) is 0 Å². The minimum absolute atomic E-state index is 0.0846. The zero-order valence-corrected chi connectivity index (χ0v) is 13.7. The largest absolute Gasteiger partial charge is 0.442 e. The van der Waals surface area contributed by atoms with E-state index >= 15 is 0 Å². The minimum Gasteiger partial charge on any atom is -0.442 e. The van der Waals surface area contributed by atoms with Crippen LogP contribution >= 0.6 is 0 Å². The molecule has 0 bridgehead atoms. The van der Waals surface area contributed by atoms with Crippen LogP contribution in [0.2, 0.25) is 0 Å². The molecular formula is C19H15FN4O. The van der Waals surface area contributed by atoms with Gasteiger partial charge in [-0.25, -0.2) is 4.39 Å². The van der Waals surface area contributed by atoms with E-state index in [2.05, 4.69) is 6.07 Å². The Morgan fingerprint density at radius 3 is 2.56 bits per heavy atom. The lowest BCUT2D eigenvalue weighted by molar-refractivity contribution is 0.450. The second kappa shape index (κ2) is 6.26. The van der Waals surface area contributed by atoms with Crippen LogP contribution in [-0.4, -0.2) is 20.0 Å². The van der Waals surface area contributed by atoms with Gasteiger partial charge in [0, 0.05) is 37.3 Å². The molecule has 2 unspecified atom stereocenters. The van der Waals surface area contributed by atoms with Gasteiger partial charge < -0.3 is 9.64 Å². The molecule has 3 rings (SSSR count). The number of anilines is 1. The normalized spacial score (nSPS) is 18.5. The van der Waals surface area contributed by atoms with Crippen molar-refractivity contribution in [2.75, 3.05) is 19.0 Å². The fourth-order valence-electron chi connectivity index (χ4n) is 2.99. The van der Waals surface area contributed by atoms with E-state index in [4.69, 9.17) is 15.4 Å². The van der Waals surface area contributed by atoms with Crippen LogP contribution in [0.3, 0.4) is 0 Å². The summed E-state index contributed by atoms with van der Waals surface area (Å²) in [4.78, 5) is 1.91. The van der Waals surface area contributed by atoms with Crippen LogP contribution in [0.25, 0.3) is 0 Å². The lowest BCUT2D eigenvalue weighted by Crippen LogP contribution is -2.31. The smallest absolute Gasteiger partial charge is 0.205 e. The highest BCUT2D eigenvalue weighted by atomic mass is 19.1. The molecule has 0 radical (unpaired) electrons. The Bertz CT molecular complexity index is 939. The minimum atomic E-state index is -0.838. The van der Waals surface area contributed by atoms with Crippen LogP contribution in [0.1, 0.15) is 22.6 Å². The number of fused-ring (bicyclic) bond motifs is 1. The first kappa shape index (κ1) is 16.5. The van der Waals surface area contributed by atoms with Gasteiger partial charge in [0.1, 0.15) is 23.6 Å². The highest BCUT2D eigenvalue weighted by Gasteiger charge is 2.37. The molecule has 2 atom stereocenters. The molecule has 1 aliphatic rings.